The van der Waals surface area contributed by atoms with E-state index in [2.05, 4.69) is 0 Å². The average Bonchev–Trinajstić information content (AvgIpc) is 2.11. The SMILES string of the molecule is CC1SCCC1S(=O)(=O)O.[NaH]. The Morgan fingerprint density at radius 3 is 2.27 bits per heavy atom. The Bertz CT molecular complexity index is 214. The molecule has 3 nitrogen and oxygen atoms in total. The first kappa shape index (κ1) is 12.3. The second kappa shape index (κ2) is 4.48. The summed E-state index contributed by atoms with van der Waals surface area (Å²) in [4.78, 5) is 0. The quantitative estimate of drug-likeness (QED) is 0.489. The summed E-state index contributed by atoms with van der Waals surface area (Å²) in [5.41, 5.74) is 0. The third kappa shape index (κ3) is 3.24. The summed E-state index contributed by atoms with van der Waals surface area (Å²) in [6.07, 6.45) is 0.588. The first-order chi connectivity index (χ1) is 4.52. The summed E-state index contributed by atoms with van der Waals surface area (Å²) in [6, 6.07) is 0. The molecule has 1 fully saturated rings. The molecule has 1 heterocycles. The van der Waals surface area contributed by atoms with Gasteiger partial charge < -0.3 is 0 Å². The molecule has 0 radical (unpaired) electrons. The summed E-state index contributed by atoms with van der Waals surface area (Å²) in [5, 5.41) is -0.479. The number of thioether (sulfide) groups is 1. The molecule has 0 aromatic heterocycles. The number of hydrogen-bond donors (Lipinski definition) is 1. The summed E-state index contributed by atoms with van der Waals surface area (Å²) >= 11 is 1.59. The maximum absolute atomic E-state index is 10.6. The molecule has 1 aliphatic heterocycles. The maximum atomic E-state index is 10.6. The van der Waals surface area contributed by atoms with Crippen LogP contribution in [0.2, 0.25) is 0 Å². The number of hydrogen-bond acceptors (Lipinski definition) is 3. The Morgan fingerprint density at radius 1 is 1.55 bits per heavy atom. The zero-order valence-electron chi connectivity index (χ0n) is 5.65. The van der Waals surface area contributed by atoms with Crippen LogP contribution in [0, 0.1) is 0 Å². The Balaban J connectivity index is 0.000001000. The van der Waals surface area contributed by atoms with Crippen molar-refractivity contribution in [1.29, 1.82) is 0 Å². The summed E-state index contributed by atoms with van der Waals surface area (Å²) < 4.78 is 29.8. The monoisotopic (exact) mass is 206 g/mol. The molecule has 1 rings (SSSR count). The van der Waals surface area contributed by atoms with Crippen molar-refractivity contribution in [3.63, 3.8) is 0 Å². The average molecular weight is 206 g/mol. The van der Waals surface area contributed by atoms with Crippen LogP contribution in [0.15, 0.2) is 0 Å². The van der Waals surface area contributed by atoms with Crippen LogP contribution in [0.1, 0.15) is 13.3 Å². The zero-order chi connectivity index (χ0) is 7.78. The van der Waals surface area contributed by atoms with Crippen molar-refractivity contribution >= 4 is 51.4 Å². The van der Waals surface area contributed by atoms with Gasteiger partial charge in [-0.25, -0.2) is 0 Å². The van der Waals surface area contributed by atoms with E-state index >= 15 is 0 Å². The fourth-order valence-corrected chi connectivity index (χ4v) is 3.92. The molecule has 62 valence electrons. The Morgan fingerprint density at radius 2 is 2.09 bits per heavy atom. The van der Waals surface area contributed by atoms with Crippen LogP contribution >= 0.6 is 11.8 Å². The van der Waals surface area contributed by atoms with Gasteiger partial charge >= 0.3 is 29.6 Å². The predicted molar refractivity (Wildman–Crippen MR) is 49.0 cm³/mol. The van der Waals surface area contributed by atoms with Crippen LogP contribution in [0.5, 0.6) is 0 Å². The van der Waals surface area contributed by atoms with E-state index in [1.54, 1.807) is 11.8 Å². The molecular weight excluding hydrogens is 195 g/mol. The minimum absolute atomic E-state index is 0. The van der Waals surface area contributed by atoms with E-state index in [9.17, 15) is 8.42 Å². The second-order valence-electron chi connectivity index (χ2n) is 2.42. The van der Waals surface area contributed by atoms with Gasteiger partial charge in [0, 0.05) is 5.25 Å². The fourth-order valence-electron chi connectivity index (χ4n) is 1.10. The molecule has 0 saturated carbocycles. The van der Waals surface area contributed by atoms with Gasteiger partial charge in [0.25, 0.3) is 10.1 Å². The molecule has 0 amide bonds. The van der Waals surface area contributed by atoms with Crippen LogP contribution in [-0.2, 0) is 10.1 Å². The minimum atomic E-state index is -3.77. The summed E-state index contributed by atoms with van der Waals surface area (Å²) in [5.74, 6) is 0.839. The van der Waals surface area contributed by atoms with Crippen LogP contribution in [0.3, 0.4) is 0 Å². The molecule has 1 saturated heterocycles. The van der Waals surface area contributed by atoms with Crippen molar-refractivity contribution in [3.8, 4) is 0 Å². The van der Waals surface area contributed by atoms with Gasteiger partial charge in [-0.1, -0.05) is 6.92 Å². The number of rotatable bonds is 1. The van der Waals surface area contributed by atoms with E-state index in [0.717, 1.165) is 5.75 Å². The molecule has 11 heavy (non-hydrogen) atoms. The molecule has 0 aromatic carbocycles. The van der Waals surface area contributed by atoms with Gasteiger partial charge in [0.15, 0.2) is 0 Å². The van der Waals surface area contributed by atoms with E-state index in [0.29, 0.717) is 6.42 Å². The first-order valence-electron chi connectivity index (χ1n) is 3.09. The van der Waals surface area contributed by atoms with Gasteiger partial charge in [0.05, 0.1) is 5.25 Å². The van der Waals surface area contributed by atoms with Crippen LogP contribution in [0.4, 0.5) is 0 Å². The third-order valence-corrected chi connectivity index (χ3v) is 4.60. The molecule has 2 atom stereocenters. The van der Waals surface area contributed by atoms with E-state index in [1.165, 1.54) is 0 Å². The molecule has 1 aliphatic rings. The van der Waals surface area contributed by atoms with Crippen LogP contribution in [0.25, 0.3) is 0 Å². The van der Waals surface area contributed by atoms with E-state index in [-0.39, 0.29) is 34.8 Å². The van der Waals surface area contributed by atoms with E-state index in [1.807, 2.05) is 6.92 Å². The Hall–Kier alpha value is 1.26. The molecule has 0 bridgehead atoms. The van der Waals surface area contributed by atoms with Crippen molar-refractivity contribution in [2.75, 3.05) is 5.75 Å². The molecule has 0 aromatic rings. The zero-order valence-corrected chi connectivity index (χ0v) is 7.28. The molecule has 0 aliphatic carbocycles. The predicted octanol–water partition coefficient (Wildman–Crippen LogP) is 0.120. The van der Waals surface area contributed by atoms with Gasteiger partial charge in [0.2, 0.25) is 0 Å². The summed E-state index contributed by atoms with van der Waals surface area (Å²) in [7, 11) is -3.77. The van der Waals surface area contributed by atoms with Crippen LogP contribution < -0.4 is 0 Å². The van der Waals surface area contributed by atoms with Gasteiger partial charge in [-0.2, -0.15) is 20.2 Å². The Kier molecular flexibility index (Phi) is 5.00. The van der Waals surface area contributed by atoms with E-state index < -0.39 is 15.4 Å². The van der Waals surface area contributed by atoms with Gasteiger partial charge in [-0.3, -0.25) is 4.55 Å². The molecule has 2 unspecified atom stereocenters. The molecule has 6 heteroatoms. The standard InChI is InChI=1S/C5H10O3S2.Na.H/c1-4-5(2-3-9-4)10(6,7)8;;/h4-5H,2-3H2,1H3,(H,6,7,8);;. The van der Waals surface area contributed by atoms with E-state index in [4.69, 9.17) is 4.55 Å². The first-order valence-corrected chi connectivity index (χ1v) is 5.65. The van der Waals surface area contributed by atoms with Crippen molar-refractivity contribution in [3.05, 3.63) is 0 Å². The molecular formula is C5H11NaO3S2. The normalized spacial score (nSPS) is 31.5. The van der Waals surface area contributed by atoms with Crippen molar-refractivity contribution in [2.24, 2.45) is 0 Å². The summed E-state index contributed by atoms with van der Waals surface area (Å²) in [6.45, 7) is 1.83. The third-order valence-electron chi connectivity index (χ3n) is 1.69. The fraction of sp³-hybridized carbons (Fsp3) is 1.00. The van der Waals surface area contributed by atoms with Crippen molar-refractivity contribution in [2.45, 2.75) is 23.8 Å². The Labute approximate surface area is 93.4 Å². The van der Waals surface area contributed by atoms with Gasteiger partial charge in [0.1, 0.15) is 0 Å². The van der Waals surface area contributed by atoms with Crippen molar-refractivity contribution < 1.29 is 13.0 Å². The second-order valence-corrected chi connectivity index (χ2v) is 5.54. The van der Waals surface area contributed by atoms with Crippen LogP contribution in [-0.4, -0.2) is 58.8 Å². The van der Waals surface area contributed by atoms with Gasteiger partial charge in [-0.15, -0.1) is 0 Å². The topological polar surface area (TPSA) is 54.4 Å². The van der Waals surface area contributed by atoms with Crippen molar-refractivity contribution in [1.82, 2.24) is 0 Å². The van der Waals surface area contributed by atoms with Gasteiger partial charge in [-0.05, 0) is 12.2 Å². The molecule has 0 spiro atoms. The molecule has 1 N–H and O–H groups in total.